The summed E-state index contributed by atoms with van der Waals surface area (Å²) in [5, 5.41) is 0. The van der Waals surface area contributed by atoms with E-state index < -0.39 is 18.4 Å². The van der Waals surface area contributed by atoms with Crippen LogP contribution in [0.3, 0.4) is 0 Å². The van der Waals surface area contributed by atoms with Gasteiger partial charge in [-0.25, -0.2) is 0 Å². The van der Waals surface area contributed by atoms with Gasteiger partial charge in [-0.1, -0.05) is 51.1 Å². The topological polar surface area (TPSA) is 52.6 Å². The van der Waals surface area contributed by atoms with E-state index >= 15 is 0 Å². The van der Waals surface area contributed by atoms with Crippen molar-refractivity contribution in [3.8, 4) is 0 Å². The normalized spacial score (nSPS) is 13.9. The molecule has 1 aromatic carbocycles. The average Bonchev–Trinajstić information content (AvgIpc) is 2.53. The summed E-state index contributed by atoms with van der Waals surface area (Å²) in [6, 6.07) is 12.4. The summed E-state index contributed by atoms with van der Waals surface area (Å²) < 4.78 is 35.4. The van der Waals surface area contributed by atoms with Crippen LogP contribution in [-0.4, -0.2) is 29.4 Å². The molecule has 0 saturated carbocycles. The van der Waals surface area contributed by atoms with Crippen molar-refractivity contribution in [2.45, 2.75) is 64.1 Å². The van der Waals surface area contributed by atoms with E-state index in [1.54, 1.807) is 12.1 Å². The van der Waals surface area contributed by atoms with Gasteiger partial charge in [0.15, 0.2) is 8.32 Å². The van der Waals surface area contributed by atoms with Gasteiger partial charge in [-0.15, -0.1) is 0 Å². The monoisotopic (exact) mass is 358 g/mol. The Bertz CT molecular complexity index is 533. The molecule has 1 rings (SSSR count). The summed E-state index contributed by atoms with van der Waals surface area (Å²) in [5.41, 5.74) is 0.742. The van der Waals surface area contributed by atoms with Gasteiger partial charge in [0.05, 0.1) is 6.61 Å². The number of rotatable bonds is 11. The number of benzene rings is 1. The molecule has 1 aromatic rings. The van der Waals surface area contributed by atoms with Crippen molar-refractivity contribution in [1.82, 2.24) is 0 Å². The predicted molar refractivity (Wildman–Crippen MR) is 97.4 cm³/mol. The second kappa shape index (κ2) is 9.57. The van der Waals surface area contributed by atoms with E-state index in [2.05, 4.69) is 20.8 Å². The Morgan fingerprint density at radius 3 is 2.13 bits per heavy atom. The fourth-order valence-corrected chi connectivity index (χ4v) is 6.65. The fraction of sp³-hybridized carbons (Fsp3) is 0.647. The smallest absolute Gasteiger partial charge is 0.271 e. The molecule has 132 valence electrons. The molecule has 0 saturated heterocycles. The SMILES string of the molecule is CC[Si](CC)(CC)OC(C)CCOS(=O)(=O)Cc1ccccc1. The van der Waals surface area contributed by atoms with E-state index in [4.69, 9.17) is 8.61 Å². The van der Waals surface area contributed by atoms with Crippen LogP contribution in [0.4, 0.5) is 0 Å². The van der Waals surface area contributed by atoms with Crippen molar-refractivity contribution in [2.24, 2.45) is 0 Å². The molecule has 0 heterocycles. The van der Waals surface area contributed by atoms with Crippen LogP contribution in [0.1, 0.15) is 39.7 Å². The van der Waals surface area contributed by atoms with Crippen LogP contribution in [0.5, 0.6) is 0 Å². The van der Waals surface area contributed by atoms with Crippen LogP contribution in [0.25, 0.3) is 0 Å². The van der Waals surface area contributed by atoms with Crippen LogP contribution >= 0.6 is 0 Å². The Morgan fingerprint density at radius 1 is 1.04 bits per heavy atom. The molecule has 0 bridgehead atoms. The van der Waals surface area contributed by atoms with Crippen molar-refractivity contribution in [3.63, 3.8) is 0 Å². The van der Waals surface area contributed by atoms with Gasteiger partial charge in [-0.3, -0.25) is 4.18 Å². The zero-order chi connectivity index (χ0) is 17.3. The van der Waals surface area contributed by atoms with Crippen LogP contribution < -0.4 is 0 Å². The average molecular weight is 359 g/mol. The maximum atomic E-state index is 12.0. The lowest BCUT2D eigenvalue weighted by molar-refractivity contribution is 0.167. The molecule has 0 aromatic heterocycles. The van der Waals surface area contributed by atoms with Crippen LogP contribution in [0.15, 0.2) is 30.3 Å². The van der Waals surface area contributed by atoms with E-state index in [0.29, 0.717) is 6.42 Å². The Balaban J connectivity index is 2.43. The minimum absolute atomic E-state index is 0.0356. The van der Waals surface area contributed by atoms with Gasteiger partial charge in [0.1, 0.15) is 5.75 Å². The van der Waals surface area contributed by atoms with Gasteiger partial charge in [0.25, 0.3) is 10.1 Å². The van der Waals surface area contributed by atoms with Crippen molar-refractivity contribution in [3.05, 3.63) is 35.9 Å². The molecule has 1 unspecified atom stereocenters. The zero-order valence-electron chi connectivity index (χ0n) is 14.7. The second-order valence-corrected chi connectivity index (χ2v) is 12.3. The zero-order valence-corrected chi connectivity index (χ0v) is 16.6. The highest BCUT2D eigenvalue weighted by Gasteiger charge is 2.30. The first kappa shape index (κ1) is 20.4. The Morgan fingerprint density at radius 2 is 1.61 bits per heavy atom. The van der Waals surface area contributed by atoms with Gasteiger partial charge in [-0.05, 0) is 37.0 Å². The molecule has 0 N–H and O–H groups in total. The Kier molecular flexibility index (Phi) is 8.46. The van der Waals surface area contributed by atoms with Crippen molar-refractivity contribution in [1.29, 1.82) is 0 Å². The third-order valence-electron chi connectivity index (χ3n) is 4.36. The predicted octanol–water partition coefficient (Wildman–Crippen LogP) is 4.33. The summed E-state index contributed by atoms with van der Waals surface area (Å²) >= 11 is 0. The highest BCUT2D eigenvalue weighted by molar-refractivity contribution is 7.85. The molecule has 1 atom stereocenters. The van der Waals surface area contributed by atoms with Gasteiger partial charge < -0.3 is 4.43 Å². The highest BCUT2D eigenvalue weighted by Crippen LogP contribution is 2.24. The van der Waals surface area contributed by atoms with Crippen molar-refractivity contribution < 1.29 is 17.0 Å². The van der Waals surface area contributed by atoms with Crippen LogP contribution in [0.2, 0.25) is 18.1 Å². The third kappa shape index (κ3) is 7.16. The maximum Gasteiger partial charge on any atom is 0.271 e. The number of hydrogen-bond acceptors (Lipinski definition) is 4. The quantitative estimate of drug-likeness (QED) is 0.436. The largest absolute Gasteiger partial charge is 0.414 e. The molecule has 0 spiro atoms. The minimum atomic E-state index is -3.53. The molecule has 0 amide bonds. The summed E-state index contributed by atoms with van der Waals surface area (Å²) in [4.78, 5) is 0. The van der Waals surface area contributed by atoms with E-state index in [1.165, 1.54) is 0 Å². The lowest BCUT2D eigenvalue weighted by atomic mass is 10.2. The molecule has 0 aliphatic carbocycles. The van der Waals surface area contributed by atoms with Crippen LogP contribution in [0, 0.1) is 0 Å². The lowest BCUT2D eigenvalue weighted by Crippen LogP contribution is -2.39. The lowest BCUT2D eigenvalue weighted by Gasteiger charge is -2.31. The highest BCUT2D eigenvalue weighted by atomic mass is 32.2. The third-order valence-corrected chi connectivity index (χ3v) is 10.3. The summed E-state index contributed by atoms with van der Waals surface area (Å²) in [5.74, 6) is -0.0827. The molecule has 0 radical (unpaired) electrons. The first-order chi connectivity index (χ1) is 10.9. The molecule has 0 aliphatic heterocycles. The summed E-state index contributed by atoms with van der Waals surface area (Å²) in [6.45, 7) is 8.75. The fourth-order valence-electron chi connectivity index (χ4n) is 2.65. The van der Waals surface area contributed by atoms with E-state index in [1.807, 2.05) is 25.1 Å². The molecular weight excluding hydrogens is 328 g/mol. The summed E-state index contributed by atoms with van der Waals surface area (Å²) in [7, 11) is -5.18. The maximum absolute atomic E-state index is 12.0. The van der Waals surface area contributed by atoms with Gasteiger partial charge in [0, 0.05) is 6.10 Å². The Hall–Kier alpha value is -0.693. The first-order valence-electron chi connectivity index (χ1n) is 8.45. The van der Waals surface area contributed by atoms with Crippen LogP contribution in [-0.2, 0) is 24.5 Å². The first-order valence-corrected chi connectivity index (χ1v) is 12.6. The molecule has 4 nitrogen and oxygen atoms in total. The van der Waals surface area contributed by atoms with Gasteiger partial charge >= 0.3 is 0 Å². The Labute approximate surface area is 142 Å². The molecule has 6 heteroatoms. The molecular formula is C17H30O4SSi. The summed E-state index contributed by atoms with van der Waals surface area (Å²) in [6.07, 6.45) is 0.636. The van der Waals surface area contributed by atoms with E-state index in [-0.39, 0.29) is 18.5 Å². The van der Waals surface area contributed by atoms with Gasteiger partial charge in [-0.2, -0.15) is 8.42 Å². The molecule has 23 heavy (non-hydrogen) atoms. The molecule has 0 aliphatic rings. The standard InChI is InChI=1S/C17H30O4SSi/c1-5-23(6-2,7-3)21-16(4)13-14-20-22(18,19)15-17-11-9-8-10-12-17/h8-12,16H,5-7,13-15H2,1-4H3. The van der Waals surface area contributed by atoms with E-state index in [9.17, 15) is 8.42 Å². The number of hydrogen-bond donors (Lipinski definition) is 0. The minimum Gasteiger partial charge on any atom is -0.414 e. The van der Waals surface area contributed by atoms with E-state index in [0.717, 1.165) is 23.7 Å². The van der Waals surface area contributed by atoms with Crippen molar-refractivity contribution in [2.75, 3.05) is 6.61 Å². The van der Waals surface area contributed by atoms with Gasteiger partial charge in [0.2, 0.25) is 0 Å². The second-order valence-electron chi connectivity index (χ2n) is 5.97. The molecule has 0 fully saturated rings. The van der Waals surface area contributed by atoms with Crippen molar-refractivity contribution >= 4 is 18.4 Å².